The van der Waals surface area contributed by atoms with Gasteiger partial charge in [-0.1, -0.05) is 6.92 Å². The van der Waals surface area contributed by atoms with E-state index in [0.29, 0.717) is 36.9 Å². The van der Waals surface area contributed by atoms with E-state index in [9.17, 15) is 9.90 Å². The molecule has 0 unspecified atom stereocenters. The topological polar surface area (TPSA) is 115 Å². The molecule has 2 N–H and O–H groups in total. The molecule has 0 fully saturated rings. The third-order valence-corrected chi connectivity index (χ3v) is 3.89. The van der Waals surface area contributed by atoms with Crippen LogP contribution >= 0.6 is 11.6 Å². The first kappa shape index (κ1) is 19.0. The van der Waals surface area contributed by atoms with Gasteiger partial charge in [-0.05, 0) is 42.6 Å². The second-order valence-electron chi connectivity index (χ2n) is 5.87. The van der Waals surface area contributed by atoms with Crippen molar-refractivity contribution in [2.45, 2.75) is 26.8 Å². The summed E-state index contributed by atoms with van der Waals surface area (Å²) in [5, 5.41) is 16.6. The number of carbonyl (C=O) groups is 1. The number of aryl methyl sites for hydroxylation is 1. The normalized spacial score (nSPS) is 11.1. The van der Waals surface area contributed by atoms with Crippen molar-refractivity contribution in [1.29, 1.82) is 0 Å². The van der Waals surface area contributed by atoms with Gasteiger partial charge in [-0.25, -0.2) is 14.8 Å². The number of halogens is 1. The molecule has 27 heavy (non-hydrogen) atoms. The maximum atomic E-state index is 11.6. The number of ether oxygens (including phenoxy) is 1. The predicted octanol–water partition coefficient (Wildman–Crippen LogP) is 3.05. The molecular weight excluding hydrogens is 372 g/mol. The molecule has 142 valence electrons. The van der Waals surface area contributed by atoms with Crippen molar-refractivity contribution in [3.63, 3.8) is 0 Å². The molecule has 3 aromatic heterocycles. The summed E-state index contributed by atoms with van der Waals surface area (Å²) in [5.41, 5.74) is 1.41. The molecule has 0 saturated heterocycles. The highest BCUT2D eigenvalue weighted by atomic mass is 35.5. The maximum Gasteiger partial charge on any atom is 0.358 e. The van der Waals surface area contributed by atoms with E-state index in [0.717, 1.165) is 12.0 Å². The molecule has 0 aliphatic heterocycles. The smallest absolute Gasteiger partial charge is 0.358 e. The minimum Gasteiger partial charge on any atom is -0.476 e. The molecule has 0 aliphatic carbocycles. The van der Waals surface area contributed by atoms with Crippen molar-refractivity contribution < 1.29 is 14.6 Å². The monoisotopic (exact) mass is 390 g/mol. The Hall–Kier alpha value is -2.78. The van der Waals surface area contributed by atoms with Crippen LogP contribution < -0.4 is 5.32 Å². The lowest BCUT2D eigenvalue weighted by atomic mass is 10.3. The van der Waals surface area contributed by atoms with Crippen LogP contribution in [0.25, 0.3) is 11.0 Å². The summed E-state index contributed by atoms with van der Waals surface area (Å²) in [6, 6.07) is 3.70. The van der Waals surface area contributed by atoms with Gasteiger partial charge in [0.15, 0.2) is 11.5 Å². The van der Waals surface area contributed by atoms with Gasteiger partial charge < -0.3 is 15.2 Å². The minimum absolute atomic E-state index is 0.0815. The number of hydrogen-bond donors (Lipinski definition) is 2. The first-order valence-corrected chi connectivity index (χ1v) is 8.82. The van der Waals surface area contributed by atoms with E-state index in [2.05, 4.69) is 25.4 Å². The van der Waals surface area contributed by atoms with E-state index in [1.165, 1.54) is 4.68 Å². The summed E-state index contributed by atoms with van der Waals surface area (Å²) in [6.45, 7) is 5.30. The van der Waals surface area contributed by atoms with Gasteiger partial charge in [-0.3, -0.25) is 4.68 Å². The number of rotatable bonds is 8. The van der Waals surface area contributed by atoms with E-state index in [-0.39, 0.29) is 16.5 Å². The van der Waals surface area contributed by atoms with Crippen molar-refractivity contribution in [2.24, 2.45) is 0 Å². The summed E-state index contributed by atoms with van der Waals surface area (Å²) in [7, 11) is 0. The van der Waals surface area contributed by atoms with Crippen molar-refractivity contribution in [3.8, 4) is 0 Å². The zero-order chi connectivity index (χ0) is 19.4. The number of hydrogen-bond acceptors (Lipinski definition) is 7. The lowest BCUT2D eigenvalue weighted by Gasteiger charge is -2.10. The maximum absolute atomic E-state index is 11.6. The lowest BCUT2D eigenvalue weighted by molar-refractivity contribution is 0.0690. The number of nitrogens with zero attached hydrogens (tertiary/aromatic N) is 5. The summed E-state index contributed by atoms with van der Waals surface area (Å²) >= 11 is 6.02. The summed E-state index contributed by atoms with van der Waals surface area (Å²) < 4.78 is 7.01. The first-order chi connectivity index (χ1) is 13.0. The molecule has 0 atom stereocenters. The lowest BCUT2D eigenvalue weighted by Crippen LogP contribution is -2.10. The number of aromatic carboxylic acids is 1. The molecule has 3 heterocycles. The van der Waals surface area contributed by atoms with Crippen molar-refractivity contribution in [1.82, 2.24) is 24.7 Å². The van der Waals surface area contributed by atoms with E-state index in [1.54, 1.807) is 6.20 Å². The third kappa shape index (κ3) is 4.32. The molecule has 0 radical (unpaired) electrons. The quantitative estimate of drug-likeness (QED) is 0.445. The Kier molecular flexibility index (Phi) is 5.82. The highest BCUT2D eigenvalue weighted by molar-refractivity contribution is 6.29. The van der Waals surface area contributed by atoms with Gasteiger partial charge in [0.2, 0.25) is 5.28 Å². The molecule has 0 aliphatic rings. The number of fused-ring (bicyclic) bond motifs is 1. The molecule has 10 heteroatoms. The van der Waals surface area contributed by atoms with Crippen LogP contribution in [0, 0.1) is 6.92 Å². The second kappa shape index (κ2) is 8.28. The molecule has 0 spiro atoms. The molecular formula is C17H19ClN6O3. The van der Waals surface area contributed by atoms with E-state index in [4.69, 9.17) is 16.3 Å². The highest BCUT2D eigenvalue weighted by Gasteiger charge is 2.22. The van der Waals surface area contributed by atoms with E-state index in [1.807, 2.05) is 26.0 Å². The van der Waals surface area contributed by atoms with Gasteiger partial charge in [0, 0.05) is 12.8 Å². The Labute approximate surface area is 160 Å². The molecule has 0 saturated carbocycles. The summed E-state index contributed by atoms with van der Waals surface area (Å²) in [4.78, 5) is 24.1. The van der Waals surface area contributed by atoms with Crippen LogP contribution in [-0.2, 0) is 11.3 Å². The minimum atomic E-state index is -1.19. The average molecular weight is 391 g/mol. The average Bonchev–Trinajstić information content (AvgIpc) is 2.97. The number of nitrogens with one attached hydrogen (secondary N) is 1. The van der Waals surface area contributed by atoms with Crippen LogP contribution in [0.3, 0.4) is 0 Å². The molecule has 0 amide bonds. The molecule has 9 nitrogen and oxygen atoms in total. The van der Waals surface area contributed by atoms with Crippen molar-refractivity contribution in [3.05, 3.63) is 34.9 Å². The fourth-order valence-electron chi connectivity index (χ4n) is 2.57. The van der Waals surface area contributed by atoms with Gasteiger partial charge in [0.25, 0.3) is 0 Å². The molecule has 0 aromatic carbocycles. The number of carboxylic acids is 1. The SMILES string of the molecule is CCCOCCn1nc(C(=O)O)c2nc(Cl)nc(Nc3cc(C)ccn3)c21. The standard InChI is InChI=1S/C17H19ClN6O3/c1-3-7-27-8-6-24-14-12(13(23-24)16(25)26)21-17(18)22-15(14)20-11-9-10(2)4-5-19-11/h4-5,9H,3,6-8H2,1-2H3,(H,25,26)(H,19,20,21,22). The Morgan fingerprint density at radius 1 is 1.37 bits per heavy atom. The fraction of sp³-hybridized carbons (Fsp3) is 0.353. The Morgan fingerprint density at radius 3 is 2.89 bits per heavy atom. The van der Waals surface area contributed by atoms with Crippen LogP contribution in [0.2, 0.25) is 5.28 Å². The van der Waals surface area contributed by atoms with Crippen LogP contribution in [0.15, 0.2) is 18.3 Å². The van der Waals surface area contributed by atoms with E-state index < -0.39 is 5.97 Å². The Bertz CT molecular complexity index is 975. The van der Waals surface area contributed by atoms with Gasteiger partial charge in [0.05, 0.1) is 13.2 Å². The van der Waals surface area contributed by atoms with E-state index >= 15 is 0 Å². The van der Waals surface area contributed by atoms with Gasteiger partial charge in [-0.15, -0.1) is 0 Å². The van der Waals surface area contributed by atoms with Crippen LogP contribution in [0.1, 0.15) is 29.4 Å². The Balaban J connectivity index is 2.06. The summed E-state index contributed by atoms with van der Waals surface area (Å²) in [5.74, 6) is -0.306. The third-order valence-electron chi connectivity index (χ3n) is 3.72. The second-order valence-corrected chi connectivity index (χ2v) is 6.21. The predicted molar refractivity (Wildman–Crippen MR) is 101 cm³/mol. The summed E-state index contributed by atoms with van der Waals surface area (Å²) in [6.07, 6.45) is 2.56. The van der Waals surface area contributed by atoms with Crippen LogP contribution in [0.5, 0.6) is 0 Å². The van der Waals surface area contributed by atoms with Crippen molar-refractivity contribution >= 4 is 40.2 Å². The largest absolute Gasteiger partial charge is 0.476 e. The highest BCUT2D eigenvalue weighted by Crippen LogP contribution is 2.27. The fourth-order valence-corrected chi connectivity index (χ4v) is 2.74. The molecule has 3 rings (SSSR count). The molecule has 0 bridgehead atoms. The number of anilines is 2. The van der Waals surface area contributed by atoms with Gasteiger partial charge in [0.1, 0.15) is 16.9 Å². The van der Waals surface area contributed by atoms with Gasteiger partial charge >= 0.3 is 5.97 Å². The number of pyridine rings is 1. The Morgan fingerprint density at radius 2 is 2.19 bits per heavy atom. The van der Waals surface area contributed by atoms with Crippen molar-refractivity contribution in [2.75, 3.05) is 18.5 Å². The first-order valence-electron chi connectivity index (χ1n) is 8.44. The number of aromatic nitrogens is 5. The molecule has 3 aromatic rings. The number of carboxylic acid groups (broad SMARTS) is 1. The van der Waals surface area contributed by atoms with Crippen LogP contribution in [-0.4, -0.2) is 49.0 Å². The zero-order valence-corrected chi connectivity index (χ0v) is 15.7. The van der Waals surface area contributed by atoms with Gasteiger partial charge in [-0.2, -0.15) is 10.1 Å². The van der Waals surface area contributed by atoms with Crippen LogP contribution in [0.4, 0.5) is 11.6 Å². The zero-order valence-electron chi connectivity index (χ0n) is 14.9.